The van der Waals surface area contributed by atoms with Crippen LogP contribution in [-0.4, -0.2) is 34.6 Å². The van der Waals surface area contributed by atoms with Crippen molar-refractivity contribution in [2.75, 3.05) is 0 Å². The predicted molar refractivity (Wildman–Crippen MR) is 177 cm³/mol. The van der Waals surface area contributed by atoms with Crippen LogP contribution in [0.25, 0.3) is 0 Å². The summed E-state index contributed by atoms with van der Waals surface area (Å²) in [5, 5.41) is 21.7. The Balaban J connectivity index is 1.33. The van der Waals surface area contributed by atoms with E-state index in [1.165, 1.54) is 30.3 Å². The monoisotopic (exact) mass is 670 g/mol. The van der Waals surface area contributed by atoms with Gasteiger partial charge in [-0.3, -0.25) is 4.79 Å². The number of carbonyl (C=O) groups is 3. The third-order valence-corrected chi connectivity index (χ3v) is 7.72. The number of aliphatic hydroxyl groups is 1. The minimum atomic E-state index is -1.13. The summed E-state index contributed by atoms with van der Waals surface area (Å²) in [6, 6.07) is 25.1. The number of phenolic OH excluding ortho intramolecular Hbond substituents is 1. The quantitative estimate of drug-likeness (QED) is 0.0623. The zero-order chi connectivity index (χ0) is 34.6. The first-order valence-corrected chi connectivity index (χ1v) is 16.1. The lowest BCUT2D eigenvalue weighted by molar-refractivity contribution is -0.134. The van der Waals surface area contributed by atoms with Gasteiger partial charge in [-0.2, -0.15) is 0 Å². The number of hydrogen-bond acceptors (Lipinski definition) is 11. The van der Waals surface area contributed by atoms with Gasteiger partial charge in [0.05, 0.1) is 6.10 Å². The van der Waals surface area contributed by atoms with E-state index < -0.39 is 30.5 Å². The largest absolute Gasteiger partial charge is 0.514 e. The summed E-state index contributed by atoms with van der Waals surface area (Å²) in [6.45, 7) is 1.97. The zero-order valence-electron chi connectivity index (χ0n) is 27.0. The summed E-state index contributed by atoms with van der Waals surface area (Å²) >= 11 is 0. The van der Waals surface area contributed by atoms with Crippen LogP contribution in [0.3, 0.4) is 0 Å². The Bertz CT molecular complexity index is 1720. The number of phenols is 1. The number of rotatable bonds is 13. The normalized spacial score (nSPS) is 14.9. The van der Waals surface area contributed by atoms with Crippen molar-refractivity contribution in [1.82, 2.24) is 0 Å². The summed E-state index contributed by atoms with van der Waals surface area (Å²) in [6.07, 6.45) is -0.309. The third-order valence-electron chi connectivity index (χ3n) is 7.72. The van der Waals surface area contributed by atoms with Crippen LogP contribution in [0.1, 0.15) is 67.4 Å². The molecule has 2 atom stereocenters. The number of hydrogen-bond donors (Lipinski definition) is 2. The molecule has 0 bridgehead atoms. The summed E-state index contributed by atoms with van der Waals surface area (Å²) in [4.78, 5) is 37.7. The van der Waals surface area contributed by atoms with Crippen molar-refractivity contribution in [3.63, 3.8) is 0 Å². The lowest BCUT2D eigenvalue weighted by Gasteiger charge is -2.31. The van der Waals surface area contributed by atoms with Gasteiger partial charge in [0.15, 0.2) is 11.5 Å². The number of fused-ring (bicyclic) bond motifs is 1. The van der Waals surface area contributed by atoms with Gasteiger partial charge in [0.1, 0.15) is 36.6 Å². The van der Waals surface area contributed by atoms with Crippen LogP contribution in [0.4, 0.5) is 9.59 Å². The molecule has 256 valence electrons. The summed E-state index contributed by atoms with van der Waals surface area (Å²) in [5.41, 5.74) is 2.17. The van der Waals surface area contributed by atoms with Crippen LogP contribution < -0.4 is 18.9 Å². The highest BCUT2D eigenvalue weighted by molar-refractivity contribution is 5.73. The van der Waals surface area contributed by atoms with E-state index in [1.54, 1.807) is 48.5 Å². The van der Waals surface area contributed by atoms with Crippen LogP contribution in [0.15, 0.2) is 91.0 Å². The summed E-state index contributed by atoms with van der Waals surface area (Å²) in [5.74, 6) is -0.640. The van der Waals surface area contributed by atoms with Gasteiger partial charge in [-0.05, 0) is 35.2 Å². The van der Waals surface area contributed by atoms with Crippen molar-refractivity contribution in [2.24, 2.45) is 0 Å². The third kappa shape index (κ3) is 9.97. The Morgan fingerprint density at radius 1 is 0.755 bits per heavy atom. The Hall–Kier alpha value is -5.55. The molecule has 0 amide bonds. The molecule has 5 rings (SSSR count). The number of esters is 1. The molecule has 11 heteroatoms. The van der Waals surface area contributed by atoms with Gasteiger partial charge in [0.25, 0.3) is 0 Å². The Morgan fingerprint density at radius 2 is 1.39 bits per heavy atom. The lowest BCUT2D eigenvalue weighted by Crippen LogP contribution is -2.30. The van der Waals surface area contributed by atoms with Gasteiger partial charge in [0, 0.05) is 30.5 Å². The summed E-state index contributed by atoms with van der Waals surface area (Å²) < 4.78 is 32.9. The van der Waals surface area contributed by atoms with Gasteiger partial charge in [-0.15, -0.1) is 0 Å². The van der Waals surface area contributed by atoms with Gasteiger partial charge in [0.2, 0.25) is 0 Å². The predicted octanol–water partition coefficient (Wildman–Crippen LogP) is 7.74. The van der Waals surface area contributed by atoms with Crippen molar-refractivity contribution in [2.45, 2.75) is 70.9 Å². The zero-order valence-corrected chi connectivity index (χ0v) is 27.0. The second-order valence-electron chi connectivity index (χ2n) is 11.5. The molecule has 0 saturated heterocycles. The SMILES string of the molecule is CCCCCCC(=O)Oc1cc(O)c2c(c1)O[C@H](c1ccc(OC(=O)OCc3ccccc3)c(OC(=O)OCc3ccccc3)c1)[C@H](O)C2. The standard InChI is InChI=1S/C38H38O11/c1-2-3-4-11-16-35(41)46-28-20-30(39)29-22-31(40)36(47-33(29)21-28)27-17-18-32(48-37(42)44-23-25-12-7-5-8-13-25)34(19-27)49-38(43)45-24-26-14-9-6-10-15-26/h5-10,12-15,17-21,31,36,39-40H,2-4,11,16,22-24H2,1H3/t31-,36-/m1/s1. The maximum atomic E-state index is 12.7. The molecule has 0 spiro atoms. The molecule has 4 aromatic carbocycles. The lowest BCUT2D eigenvalue weighted by atomic mass is 9.94. The molecule has 0 aromatic heterocycles. The molecule has 1 aliphatic heterocycles. The maximum absolute atomic E-state index is 12.7. The first kappa shape index (κ1) is 34.8. The number of unbranched alkanes of at least 4 members (excludes halogenated alkanes) is 3. The van der Waals surface area contributed by atoms with E-state index in [4.69, 9.17) is 28.4 Å². The minimum absolute atomic E-state index is 0.0104. The second-order valence-corrected chi connectivity index (χ2v) is 11.5. The van der Waals surface area contributed by atoms with Crippen LogP contribution in [0.5, 0.6) is 28.7 Å². The highest BCUT2D eigenvalue weighted by Crippen LogP contribution is 2.43. The molecule has 49 heavy (non-hydrogen) atoms. The molecule has 2 N–H and O–H groups in total. The highest BCUT2D eigenvalue weighted by atomic mass is 16.7. The van der Waals surface area contributed by atoms with E-state index in [-0.39, 0.29) is 54.8 Å². The first-order valence-electron chi connectivity index (χ1n) is 16.1. The van der Waals surface area contributed by atoms with Crippen LogP contribution in [0, 0.1) is 0 Å². The molecule has 0 fully saturated rings. The van der Waals surface area contributed by atoms with Crippen molar-refractivity contribution in [1.29, 1.82) is 0 Å². The highest BCUT2D eigenvalue weighted by Gasteiger charge is 2.33. The molecular formula is C38H38O11. The molecule has 0 aliphatic carbocycles. The number of aromatic hydroxyl groups is 1. The molecule has 0 radical (unpaired) electrons. The average Bonchev–Trinajstić information content (AvgIpc) is 3.10. The maximum Gasteiger partial charge on any atom is 0.514 e. The molecule has 1 aliphatic rings. The average molecular weight is 671 g/mol. The van der Waals surface area contributed by atoms with Gasteiger partial charge >= 0.3 is 18.3 Å². The van der Waals surface area contributed by atoms with Crippen LogP contribution in [-0.2, 0) is 33.9 Å². The van der Waals surface area contributed by atoms with E-state index >= 15 is 0 Å². The first-order chi connectivity index (χ1) is 23.8. The fourth-order valence-corrected chi connectivity index (χ4v) is 5.21. The molecule has 4 aromatic rings. The Labute approximate surface area is 283 Å². The second kappa shape index (κ2) is 17.0. The number of aliphatic hydroxyl groups excluding tert-OH is 1. The molecule has 0 saturated carbocycles. The minimum Gasteiger partial charge on any atom is -0.507 e. The Morgan fingerprint density at radius 3 is 2.02 bits per heavy atom. The van der Waals surface area contributed by atoms with Crippen molar-refractivity contribution >= 4 is 18.3 Å². The molecule has 1 heterocycles. The van der Waals surface area contributed by atoms with E-state index in [0.29, 0.717) is 17.5 Å². The van der Waals surface area contributed by atoms with E-state index in [1.807, 2.05) is 12.1 Å². The van der Waals surface area contributed by atoms with Gasteiger partial charge in [-0.25, -0.2) is 9.59 Å². The number of benzene rings is 4. The molecule has 11 nitrogen and oxygen atoms in total. The Kier molecular flexibility index (Phi) is 12.1. The van der Waals surface area contributed by atoms with E-state index in [9.17, 15) is 24.6 Å². The van der Waals surface area contributed by atoms with Crippen molar-refractivity contribution in [3.8, 4) is 28.7 Å². The number of ether oxygens (including phenoxy) is 6. The van der Waals surface area contributed by atoms with Crippen LogP contribution >= 0.6 is 0 Å². The van der Waals surface area contributed by atoms with Crippen LogP contribution in [0.2, 0.25) is 0 Å². The topological polar surface area (TPSA) is 147 Å². The van der Waals surface area contributed by atoms with Crippen molar-refractivity contribution in [3.05, 3.63) is 113 Å². The fourth-order valence-electron chi connectivity index (χ4n) is 5.21. The fraction of sp³-hybridized carbons (Fsp3) is 0.289. The van der Waals surface area contributed by atoms with E-state index in [2.05, 4.69) is 6.92 Å². The molecular weight excluding hydrogens is 632 g/mol. The smallest absolute Gasteiger partial charge is 0.507 e. The van der Waals surface area contributed by atoms with E-state index in [0.717, 1.165) is 30.4 Å². The van der Waals surface area contributed by atoms with Crippen molar-refractivity contribution < 1.29 is 53.0 Å². The van der Waals surface area contributed by atoms with Gasteiger partial charge in [-0.1, -0.05) is 92.9 Å². The molecule has 0 unspecified atom stereocenters. The number of carbonyl (C=O) groups excluding carboxylic acids is 3. The van der Waals surface area contributed by atoms with Gasteiger partial charge < -0.3 is 38.6 Å². The summed E-state index contributed by atoms with van der Waals surface area (Å²) in [7, 11) is 0.